The highest BCUT2D eigenvalue weighted by atomic mass is 19.1. The van der Waals surface area contributed by atoms with Gasteiger partial charge in [-0.3, -0.25) is 4.90 Å². The second-order valence-electron chi connectivity index (χ2n) is 6.71. The number of benzene rings is 2. The Kier molecular flexibility index (Phi) is 5.89. The molecular weight excluding hydrogens is 363 g/mol. The summed E-state index contributed by atoms with van der Waals surface area (Å²) in [5, 5.41) is 13.1. The monoisotopic (exact) mass is 388 g/mol. The van der Waals surface area contributed by atoms with Crippen molar-refractivity contribution < 1.29 is 19.0 Å². The van der Waals surface area contributed by atoms with Crippen LogP contribution in [0.3, 0.4) is 0 Å². The standard InChI is InChI=1S/C20H25FN4O3/c1-13(14-3-5-16(28-2)6-4-14)25(20(26)27)15-11-17(22)19(21)18(12-15)24-9-7-23-8-10-24/h3-6,11-13,23H,7-10,22H2,1-2H3,(H,26,27). The number of hydrogen-bond acceptors (Lipinski definition) is 5. The predicted molar refractivity (Wildman–Crippen MR) is 108 cm³/mol. The molecule has 0 saturated carbocycles. The number of amides is 1. The van der Waals surface area contributed by atoms with Gasteiger partial charge >= 0.3 is 6.09 Å². The SMILES string of the molecule is COc1ccc(C(C)N(C(=O)O)c2cc(N)c(F)c(N3CCNCC3)c2)cc1. The maximum atomic E-state index is 14.7. The number of nitrogen functional groups attached to an aromatic ring is 1. The summed E-state index contributed by atoms with van der Waals surface area (Å²) in [6.07, 6.45) is -1.14. The van der Waals surface area contributed by atoms with Gasteiger partial charge in [-0.15, -0.1) is 0 Å². The Morgan fingerprint density at radius 2 is 1.93 bits per heavy atom. The van der Waals surface area contributed by atoms with Crippen LogP contribution in [-0.4, -0.2) is 44.5 Å². The zero-order valence-corrected chi connectivity index (χ0v) is 16.0. The summed E-state index contributed by atoms with van der Waals surface area (Å²) in [5.41, 5.74) is 7.27. The van der Waals surface area contributed by atoms with Gasteiger partial charge in [0.05, 0.1) is 30.2 Å². The molecule has 7 nitrogen and oxygen atoms in total. The Morgan fingerprint density at radius 1 is 1.29 bits per heavy atom. The highest BCUT2D eigenvalue weighted by molar-refractivity contribution is 5.89. The number of rotatable bonds is 5. The summed E-state index contributed by atoms with van der Waals surface area (Å²) in [4.78, 5) is 15.1. The van der Waals surface area contributed by atoms with Crippen molar-refractivity contribution in [3.05, 3.63) is 47.8 Å². The molecule has 0 bridgehead atoms. The number of halogens is 1. The van der Waals surface area contributed by atoms with Crippen LogP contribution < -0.4 is 25.6 Å². The van der Waals surface area contributed by atoms with Gasteiger partial charge in [0, 0.05) is 26.2 Å². The van der Waals surface area contributed by atoms with Crippen molar-refractivity contribution in [1.29, 1.82) is 0 Å². The maximum absolute atomic E-state index is 14.7. The van der Waals surface area contributed by atoms with Crippen molar-refractivity contribution >= 4 is 23.2 Å². The molecule has 0 aliphatic carbocycles. The summed E-state index contributed by atoms with van der Waals surface area (Å²) >= 11 is 0. The van der Waals surface area contributed by atoms with Crippen LogP contribution in [0.4, 0.5) is 26.2 Å². The topological polar surface area (TPSA) is 91.1 Å². The summed E-state index contributed by atoms with van der Waals surface area (Å²) in [7, 11) is 1.57. The third-order valence-corrected chi connectivity index (χ3v) is 4.99. The largest absolute Gasteiger partial charge is 0.497 e. The quantitative estimate of drug-likeness (QED) is 0.682. The average Bonchev–Trinajstić information content (AvgIpc) is 2.71. The molecule has 2 aromatic carbocycles. The number of carbonyl (C=O) groups is 1. The Balaban J connectivity index is 1.99. The van der Waals surface area contributed by atoms with Gasteiger partial charge in [0.15, 0.2) is 5.82 Å². The number of nitrogens with zero attached hydrogens (tertiary/aromatic N) is 2. The molecule has 0 radical (unpaired) electrons. The summed E-state index contributed by atoms with van der Waals surface area (Å²) < 4.78 is 19.8. The minimum absolute atomic E-state index is 0.0702. The zero-order chi connectivity index (χ0) is 20.3. The van der Waals surface area contributed by atoms with Crippen LogP contribution in [0.2, 0.25) is 0 Å². The van der Waals surface area contributed by atoms with Gasteiger partial charge in [-0.25, -0.2) is 9.18 Å². The van der Waals surface area contributed by atoms with Crippen molar-refractivity contribution in [3.8, 4) is 5.75 Å². The maximum Gasteiger partial charge on any atom is 0.412 e. The third-order valence-electron chi connectivity index (χ3n) is 4.99. The molecule has 1 atom stereocenters. The second kappa shape index (κ2) is 8.35. The number of nitrogens with two attached hydrogens (primary N) is 1. The fourth-order valence-corrected chi connectivity index (χ4v) is 3.42. The van der Waals surface area contributed by atoms with Gasteiger partial charge < -0.3 is 25.8 Å². The third kappa shape index (κ3) is 3.96. The molecule has 1 saturated heterocycles. The average molecular weight is 388 g/mol. The lowest BCUT2D eigenvalue weighted by molar-refractivity contribution is 0.199. The van der Waals surface area contributed by atoms with Crippen molar-refractivity contribution in [1.82, 2.24) is 5.32 Å². The molecule has 1 aliphatic heterocycles. The highest BCUT2D eigenvalue weighted by Crippen LogP contribution is 2.35. The zero-order valence-electron chi connectivity index (χ0n) is 16.0. The van der Waals surface area contributed by atoms with Crippen LogP contribution in [0.1, 0.15) is 18.5 Å². The first-order valence-electron chi connectivity index (χ1n) is 9.13. The molecule has 2 aromatic rings. The number of hydrogen-bond donors (Lipinski definition) is 3. The molecule has 0 aromatic heterocycles. The molecule has 28 heavy (non-hydrogen) atoms. The molecule has 3 rings (SSSR count). The van der Waals surface area contributed by atoms with Crippen molar-refractivity contribution in [2.75, 3.05) is 48.8 Å². The van der Waals surface area contributed by atoms with E-state index in [0.717, 1.165) is 18.7 Å². The van der Waals surface area contributed by atoms with Gasteiger partial charge in [-0.1, -0.05) is 12.1 Å². The van der Waals surface area contributed by atoms with E-state index in [1.165, 1.54) is 11.0 Å². The highest BCUT2D eigenvalue weighted by Gasteiger charge is 2.26. The fraction of sp³-hybridized carbons (Fsp3) is 0.350. The molecular formula is C20H25FN4O3. The minimum Gasteiger partial charge on any atom is -0.497 e. The number of ether oxygens (including phenoxy) is 1. The minimum atomic E-state index is -1.14. The molecule has 150 valence electrons. The van der Waals surface area contributed by atoms with Crippen molar-refractivity contribution in [3.63, 3.8) is 0 Å². The Hall–Kier alpha value is -3.00. The van der Waals surface area contributed by atoms with Gasteiger partial charge in [-0.05, 0) is 36.8 Å². The van der Waals surface area contributed by atoms with E-state index in [9.17, 15) is 14.3 Å². The Labute approximate surface area is 163 Å². The van der Waals surface area contributed by atoms with Crippen LogP contribution >= 0.6 is 0 Å². The number of carboxylic acid groups (broad SMARTS) is 1. The number of methoxy groups -OCH3 is 1. The molecule has 1 unspecified atom stereocenters. The Bertz CT molecular complexity index is 838. The fourth-order valence-electron chi connectivity index (χ4n) is 3.42. The Morgan fingerprint density at radius 3 is 2.50 bits per heavy atom. The summed E-state index contributed by atoms with van der Waals surface area (Å²) in [6, 6.07) is 9.60. The molecule has 1 fully saturated rings. The number of nitrogens with one attached hydrogen (secondary N) is 1. The predicted octanol–water partition coefficient (Wildman–Crippen LogP) is 3.07. The van der Waals surface area contributed by atoms with Crippen LogP contribution in [-0.2, 0) is 0 Å². The first kappa shape index (κ1) is 19.8. The van der Waals surface area contributed by atoms with E-state index in [-0.39, 0.29) is 5.69 Å². The lowest BCUT2D eigenvalue weighted by atomic mass is 10.1. The van der Waals surface area contributed by atoms with E-state index in [1.807, 2.05) is 17.0 Å². The van der Waals surface area contributed by atoms with E-state index in [1.54, 1.807) is 32.2 Å². The van der Waals surface area contributed by atoms with E-state index >= 15 is 0 Å². The molecule has 8 heteroatoms. The molecule has 1 heterocycles. The van der Waals surface area contributed by atoms with E-state index in [4.69, 9.17) is 10.5 Å². The van der Waals surface area contributed by atoms with Gasteiger partial charge in [0.1, 0.15) is 5.75 Å². The van der Waals surface area contributed by atoms with E-state index < -0.39 is 18.0 Å². The molecule has 1 amide bonds. The van der Waals surface area contributed by atoms with E-state index in [2.05, 4.69) is 5.32 Å². The summed E-state index contributed by atoms with van der Waals surface area (Å²) in [5.74, 6) is 0.165. The molecule has 4 N–H and O–H groups in total. The van der Waals surface area contributed by atoms with Gasteiger partial charge in [0.2, 0.25) is 0 Å². The lowest BCUT2D eigenvalue weighted by Crippen LogP contribution is -2.44. The number of anilines is 3. The normalized spacial score (nSPS) is 15.2. The van der Waals surface area contributed by atoms with E-state index in [0.29, 0.717) is 30.2 Å². The van der Waals surface area contributed by atoms with Gasteiger partial charge in [0.25, 0.3) is 0 Å². The van der Waals surface area contributed by atoms with Crippen LogP contribution in [0.5, 0.6) is 5.75 Å². The summed E-state index contributed by atoms with van der Waals surface area (Å²) in [6.45, 7) is 4.49. The van der Waals surface area contributed by atoms with Crippen LogP contribution in [0.15, 0.2) is 36.4 Å². The van der Waals surface area contributed by atoms with Crippen LogP contribution in [0.25, 0.3) is 0 Å². The first-order valence-corrected chi connectivity index (χ1v) is 9.13. The number of piperazine rings is 1. The molecule has 0 spiro atoms. The van der Waals surface area contributed by atoms with Crippen molar-refractivity contribution in [2.45, 2.75) is 13.0 Å². The smallest absolute Gasteiger partial charge is 0.412 e. The second-order valence-corrected chi connectivity index (χ2v) is 6.71. The van der Waals surface area contributed by atoms with Crippen molar-refractivity contribution in [2.24, 2.45) is 0 Å². The molecule has 1 aliphatic rings. The van der Waals surface area contributed by atoms with Crippen LogP contribution in [0, 0.1) is 5.82 Å². The first-order chi connectivity index (χ1) is 13.4. The van der Waals surface area contributed by atoms with Gasteiger partial charge in [-0.2, -0.15) is 0 Å². The lowest BCUT2D eigenvalue weighted by Gasteiger charge is -2.32.